The molecule has 0 aliphatic carbocycles. The molecule has 1 aliphatic heterocycles. The van der Waals surface area contributed by atoms with Crippen molar-refractivity contribution < 1.29 is 9.59 Å². The lowest BCUT2D eigenvalue weighted by molar-refractivity contribution is -0.138. The monoisotopic (exact) mass is 366 g/mol. The van der Waals surface area contributed by atoms with Crippen molar-refractivity contribution in [2.45, 2.75) is 32.2 Å². The largest absolute Gasteiger partial charge is 0.399 e. The minimum Gasteiger partial charge on any atom is -0.399 e. The van der Waals surface area contributed by atoms with Crippen LogP contribution in [0.3, 0.4) is 0 Å². The van der Waals surface area contributed by atoms with Crippen molar-refractivity contribution in [3.63, 3.8) is 0 Å². The molecule has 27 heavy (non-hydrogen) atoms. The number of nitrogens with zero attached hydrogens (tertiary/aromatic N) is 3. The number of amides is 2. The Morgan fingerprint density at radius 1 is 1.22 bits per heavy atom. The molecule has 0 radical (unpaired) electrons. The summed E-state index contributed by atoms with van der Waals surface area (Å²) < 4.78 is 0. The van der Waals surface area contributed by atoms with E-state index in [0.29, 0.717) is 30.8 Å². The van der Waals surface area contributed by atoms with Gasteiger partial charge in [0.15, 0.2) is 0 Å². The Hall–Kier alpha value is -2.89. The highest BCUT2D eigenvalue weighted by Gasteiger charge is 2.35. The van der Waals surface area contributed by atoms with Crippen LogP contribution in [0.1, 0.15) is 36.5 Å². The summed E-state index contributed by atoms with van der Waals surface area (Å²) in [6.07, 6.45) is 4.29. The molecule has 3 rings (SSSR count). The molecule has 6 heteroatoms. The zero-order valence-electron chi connectivity index (χ0n) is 15.9. The molecule has 1 fully saturated rings. The average molecular weight is 366 g/mol. The van der Waals surface area contributed by atoms with Crippen molar-refractivity contribution in [2.24, 2.45) is 0 Å². The minimum atomic E-state index is -0.369. The molecule has 1 aliphatic rings. The Morgan fingerprint density at radius 3 is 2.63 bits per heavy atom. The number of unbranched alkanes of at least 4 members (excludes halogenated alkanes) is 1. The lowest BCUT2D eigenvalue weighted by Crippen LogP contribution is -2.57. The van der Waals surface area contributed by atoms with Crippen LogP contribution >= 0.6 is 0 Å². The smallest absolute Gasteiger partial charge is 0.254 e. The molecule has 2 heterocycles. The lowest BCUT2D eigenvalue weighted by atomic mass is 10.0. The standard InChI is InChI=1S/C21H26N4O2/c1-3-4-5-19-21(27)24(2)12-13-25(19)20(26)16-8-6-15(7-9-16)18-14-17(22)10-11-23-18/h6-11,14,19H,3-5,12-13H2,1-2H3,(H2,22,23)/t19-/m0/s1. The fourth-order valence-electron chi connectivity index (χ4n) is 3.39. The van der Waals surface area contributed by atoms with E-state index >= 15 is 0 Å². The molecule has 1 aromatic heterocycles. The fourth-order valence-corrected chi connectivity index (χ4v) is 3.39. The SMILES string of the molecule is CCCC[C@H]1C(=O)N(C)CCN1C(=O)c1ccc(-c2cc(N)ccn2)cc1. The number of nitrogen functional groups attached to an aromatic ring is 1. The molecule has 1 aromatic carbocycles. The number of piperazine rings is 1. The van der Waals surface area contributed by atoms with Gasteiger partial charge in [-0.1, -0.05) is 31.9 Å². The summed E-state index contributed by atoms with van der Waals surface area (Å²) in [6.45, 7) is 3.22. The van der Waals surface area contributed by atoms with Gasteiger partial charge >= 0.3 is 0 Å². The van der Waals surface area contributed by atoms with Gasteiger partial charge in [-0.05, 0) is 30.7 Å². The number of rotatable bonds is 5. The van der Waals surface area contributed by atoms with Crippen molar-refractivity contribution in [3.8, 4) is 11.3 Å². The predicted octanol–water partition coefficient (Wildman–Crippen LogP) is 2.80. The normalized spacial score (nSPS) is 17.3. The second-order valence-corrected chi connectivity index (χ2v) is 6.97. The second kappa shape index (κ2) is 8.20. The Labute approximate surface area is 160 Å². The number of nitrogens with two attached hydrogens (primary N) is 1. The van der Waals surface area contributed by atoms with Gasteiger partial charge in [0.1, 0.15) is 6.04 Å². The number of hydrogen-bond acceptors (Lipinski definition) is 4. The Kier molecular flexibility index (Phi) is 5.74. The van der Waals surface area contributed by atoms with E-state index in [9.17, 15) is 9.59 Å². The van der Waals surface area contributed by atoms with Gasteiger partial charge in [-0.3, -0.25) is 14.6 Å². The van der Waals surface area contributed by atoms with Crippen molar-refractivity contribution >= 4 is 17.5 Å². The minimum absolute atomic E-state index is 0.0311. The molecule has 1 atom stereocenters. The van der Waals surface area contributed by atoms with Crippen LogP contribution in [0.5, 0.6) is 0 Å². The highest BCUT2D eigenvalue weighted by Crippen LogP contribution is 2.22. The van der Waals surface area contributed by atoms with Gasteiger partial charge in [-0.15, -0.1) is 0 Å². The number of aromatic nitrogens is 1. The average Bonchev–Trinajstić information content (AvgIpc) is 2.69. The van der Waals surface area contributed by atoms with Crippen molar-refractivity contribution in [1.82, 2.24) is 14.8 Å². The molecule has 0 spiro atoms. The molecular weight excluding hydrogens is 340 g/mol. The molecule has 142 valence electrons. The molecule has 6 nitrogen and oxygen atoms in total. The van der Waals surface area contributed by atoms with E-state index in [1.807, 2.05) is 12.1 Å². The Bertz CT molecular complexity index is 819. The van der Waals surface area contributed by atoms with Gasteiger partial charge in [-0.25, -0.2) is 0 Å². The van der Waals surface area contributed by atoms with Crippen molar-refractivity contribution in [3.05, 3.63) is 48.2 Å². The van der Waals surface area contributed by atoms with E-state index in [-0.39, 0.29) is 17.9 Å². The molecule has 0 unspecified atom stereocenters. The summed E-state index contributed by atoms with van der Waals surface area (Å²) in [5.41, 5.74) is 8.71. The summed E-state index contributed by atoms with van der Waals surface area (Å²) in [5, 5.41) is 0. The molecular formula is C21H26N4O2. The van der Waals surface area contributed by atoms with E-state index < -0.39 is 0 Å². The van der Waals surface area contributed by atoms with Gasteiger partial charge < -0.3 is 15.5 Å². The molecule has 0 bridgehead atoms. The number of hydrogen-bond donors (Lipinski definition) is 1. The Balaban J connectivity index is 1.80. The van der Waals surface area contributed by atoms with Gasteiger partial charge in [0.05, 0.1) is 5.69 Å². The van der Waals surface area contributed by atoms with Crippen LogP contribution in [0.2, 0.25) is 0 Å². The number of pyridine rings is 1. The number of likely N-dealkylation sites (N-methyl/N-ethyl adjacent to an activating group) is 1. The Morgan fingerprint density at radius 2 is 1.96 bits per heavy atom. The van der Waals surface area contributed by atoms with E-state index in [1.165, 1.54) is 0 Å². The molecule has 2 amide bonds. The number of carbonyl (C=O) groups is 2. The summed E-state index contributed by atoms with van der Waals surface area (Å²) >= 11 is 0. The fraction of sp³-hybridized carbons (Fsp3) is 0.381. The lowest BCUT2D eigenvalue weighted by Gasteiger charge is -2.39. The predicted molar refractivity (Wildman–Crippen MR) is 106 cm³/mol. The zero-order chi connectivity index (χ0) is 19.4. The van der Waals surface area contributed by atoms with E-state index in [4.69, 9.17) is 5.73 Å². The van der Waals surface area contributed by atoms with E-state index in [0.717, 1.165) is 24.1 Å². The summed E-state index contributed by atoms with van der Waals surface area (Å²) in [6, 6.07) is 10.5. The first-order valence-electron chi connectivity index (χ1n) is 9.39. The topological polar surface area (TPSA) is 79.5 Å². The first kappa shape index (κ1) is 18.9. The highest BCUT2D eigenvalue weighted by molar-refractivity contribution is 5.98. The summed E-state index contributed by atoms with van der Waals surface area (Å²) in [5.74, 6) is -0.0618. The zero-order valence-corrected chi connectivity index (χ0v) is 15.9. The van der Waals surface area contributed by atoms with Crippen LogP contribution in [0.4, 0.5) is 5.69 Å². The maximum Gasteiger partial charge on any atom is 0.254 e. The molecule has 0 saturated carbocycles. The maximum atomic E-state index is 13.0. The third-order valence-corrected chi connectivity index (χ3v) is 5.02. The first-order valence-corrected chi connectivity index (χ1v) is 9.39. The van der Waals surface area contributed by atoms with Crippen LogP contribution in [0.15, 0.2) is 42.6 Å². The van der Waals surface area contributed by atoms with Gasteiger partial charge in [0, 0.05) is 43.1 Å². The molecule has 2 aromatic rings. The van der Waals surface area contributed by atoms with Crippen LogP contribution in [-0.2, 0) is 4.79 Å². The molecule has 2 N–H and O–H groups in total. The summed E-state index contributed by atoms with van der Waals surface area (Å²) in [4.78, 5) is 33.4. The second-order valence-electron chi connectivity index (χ2n) is 6.97. The third kappa shape index (κ3) is 4.10. The first-order chi connectivity index (χ1) is 13.0. The van der Waals surface area contributed by atoms with Gasteiger partial charge in [0.25, 0.3) is 5.91 Å². The highest BCUT2D eigenvalue weighted by atomic mass is 16.2. The number of carbonyl (C=O) groups excluding carboxylic acids is 2. The van der Waals surface area contributed by atoms with Crippen molar-refractivity contribution in [1.29, 1.82) is 0 Å². The summed E-state index contributed by atoms with van der Waals surface area (Å²) in [7, 11) is 1.80. The van der Waals surface area contributed by atoms with Crippen LogP contribution in [0.25, 0.3) is 11.3 Å². The van der Waals surface area contributed by atoms with E-state index in [1.54, 1.807) is 47.3 Å². The molecule has 1 saturated heterocycles. The number of benzene rings is 1. The van der Waals surface area contributed by atoms with E-state index in [2.05, 4.69) is 11.9 Å². The van der Waals surface area contributed by atoms with Crippen LogP contribution in [-0.4, -0.2) is 52.8 Å². The quantitative estimate of drug-likeness (QED) is 0.882. The third-order valence-electron chi connectivity index (χ3n) is 5.02. The van der Waals surface area contributed by atoms with Gasteiger partial charge in [-0.2, -0.15) is 0 Å². The van der Waals surface area contributed by atoms with Crippen LogP contribution < -0.4 is 5.73 Å². The maximum absolute atomic E-state index is 13.0. The number of anilines is 1. The van der Waals surface area contributed by atoms with Crippen LogP contribution in [0, 0.1) is 0 Å². The van der Waals surface area contributed by atoms with Gasteiger partial charge in [0.2, 0.25) is 5.91 Å². The van der Waals surface area contributed by atoms with Crippen molar-refractivity contribution in [2.75, 3.05) is 25.9 Å².